The Bertz CT molecular complexity index is 763. The number of carbonyl (C=O) groups is 1. The Labute approximate surface area is 126 Å². The molecular formula is C17H13NO4. The Morgan fingerprint density at radius 3 is 2.50 bits per heavy atom. The SMILES string of the molecule is O=C(O)c1conc1-c1ccc(OCc2ccccc2)cc1. The fourth-order valence-electron chi connectivity index (χ4n) is 2.05. The Kier molecular flexibility index (Phi) is 3.87. The second-order valence-electron chi connectivity index (χ2n) is 4.68. The summed E-state index contributed by atoms with van der Waals surface area (Å²) >= 11 is 0. The van der Waals surface area contributed by atoms with Crippen LogP contribution in [0, 0.1) is 0 Å². The number of rotatable bonds is 5. The van der Waals surface area contributed by atoms with Gasteiger partial charge in [-0.1, -0.05) is 35.5 Å². The maximum absolute atomic E-state index is 11.1. The smallest absolute Gasteiger partial charge is 0.341 e. The number of hydrogen-bond acceptors (Lipinski definition) is 4. The first-order valence-electron chi connectivity index (χ1n) is 6.69. The summed E-state index contributed by atoms with van der Waals surface area (Å²) in [5, 5.41) is 12.8. The first-order chi connectivity index (χ1) is 10.7. The van der Waals surface area contributed by atoms with E-state index in [-0.39, 0.29) is 5.56 Å². The van der Waals surface area contributed by atoms with Crippen molar-refractivity contribution in [2.75, 3.05) is 0 Å². The molecule has 22 heavy (non-hydrogen) atoms. The summed E-state index contributed by atoms with van der Waals surface area (Å²) in [4.78, 5) is 11.1. The van der Waals surface area contributed by atoms with Crippen molar-refractivity contribution in [3.63, 3.8) is 0 Å². The van der Waals surface area contributed by atoms with E-state index in [0.717, 1.165) is 11.8 Å². The molecule has 0 saturated carbocycles. The molecule has 1 aromatic heterocycles. The molecule has 1 heterocycles. The van der Waals surface area contributed by atoms with Crippen LogP contribution in [0.15, 0.2) is 65.4 Å². The first-order valence-corrected chi connectivity index (χ1v) is 6.69. The minimum atomic E-state index is -1.07. The predicted molar refractivity (Wildman–Crippen MR) is 79.7 cm³/mol. The van der Waals surface area contributed by atoms with Gasteiger partial charge in [-0.15, -0.1) is 0 Å². The van der Waals surface area contributed by atoms with Crippen LogP contribution >= 0.6 is 0 Å². The Morgan fingerprint density at radius 1 is 1.09 bits per heavy atom. The summed E-state index contributed by atoms with van der Waals surface area (Å²) in [7, 11) is 0. The molecule has 5 nitrogen and oxygen atoms in total. The second kappa shape index (κ2) is 6.13. The third kappa shape index (κ3) is 2.98. The largest absolute Gasteiger partial charge is 0.489 e. The molecule has 0 spiro atoms. The molecule has 0 aliphatic carbocycles. The van der Waals surface area contributed by atoms with Crippen molar-refractivity contribution in [1.82, 2.24) is 5.16 Å². The molecule has 0 saturated heterocycles. The summed E-state index contributed by atoms with van der Waals surface area (Å²) in [6, 6.07) is 16.9. The molecule has 0 aliphatic rings. The second-order valence-corrected chi connectivity index (χ2v) is 4.68. The summed E-state index contributed by atoms with van der Waals surface area (Å²) in [6.45, 7) is 0.477. The molecule has 3 aromatic rings. The van der Waals surface area contributed by atoms with Crippen LogP contribution in [0.25, 0.3) is 11.3 Å². The lowest BCUT2D eigenvalue weighted by Crippen LogP contribution is -1.97. The lowest BCUT2D eigenvalue weighted by atomic mass is 10.1. The number of hydrogen-bond donors (Lipinski definition) is 1. The monoisotopic (exact) mass is 295 g/mol. The van der Waals surface area contributed by atoms with Crippen LogP contribution in [-0.4, -0.2) is 16.2 Å². The molecule has 0 amide bonds. The third-order valence-corrected chi connectivity index (χ3v) is 3.18. The van der Waals surface area contributed by atoms with E-state index in [4.69, 9.17) is 14.4 Å². The van der Waals surface area contributed by atoms with Gasteiger partial charge in [-0.25, -0.2) is 4.79 Å². The van der Waals surface area contributed by atoms with Crippen LogP contribution in [0.2, 0.25) is 0 Å². The van der Waals surface area contributed by atoms with Crippen LogP contribution in [-0.2, 0) is 6.61 Å². The highest BCUT2D eigenvalue weighted by Gasteiger charge is 2.16. The normalized spacial score (nSPS) is 10.4. The van der Waals surface area contributed by atoms with Crippen molar-refractivity contribution < 1.29 is 19.2 Å². The number of benzene rings is 2. The highest BCUT2D eigenvalue weighted by molar-refractivity contribution is 5.94. The summed E-state index contributed by atoms with van der Waals surface area (Å²) in [5.41, 5.74) is 2.09. The highest BCUT2D eigenvalue weighted by atomic mass is 16.5. The van der Waals surface area contributed by atoms with Gasteiger partial charge < -0.3 is 14.4 Å². The van der Waals surface area contributed by atoms with E-state index < -0.39 is 5.97 Å². The average Bonchev–Trinajstić information content (AvgIpc) is 3.04. The van der Waals surface area contributed by atoms with Crippen LogP contribution in [0.5, 0.6) is 5.75 Å². The number of carboxylic acids is 1. The van der Waals surface area contributed by atoms with E-state index in [9.17, 15) is 4.79 Å². The minimum absolute atomic E-state index is 0.0398. The summed E-state index contributed by atoms with van der Waals surface area (Å²) in [5.74, 6) is -0.367. The number of aromatic carboxylic acids is 1. The maximum atomic E-state index is 11.1. The Hall–Kier alpha value is -3.08. The number of ether oxygens (including phenoxy) is 1. The van der Waals surface area contributed by atoms with Crippen molar-refractivity contribution in [1.29, 1.82) is 0 Å². The van der Waals surface area contributed by atoms with Crippen LogP contribution < -0.4 is 4.74 Å². The van der Waals surface area contributed by atoms with E-state index in [1.807, 2.05) is 30.3 Å². The van der Waals surface area contributed by atoms with Crippen molar-refractivity contribution in [3.05, 3.63) is 72.0 Å². The third-order valence-electron chi connectivity index (χ3n) is 3.18. The standard InChI is InChI=1S/C17H13NO4/c19-17(20)15-11-22-18-16(15)13-6-8-14(9-7-13)21-10-12-4-2-1-3-5-12/h1-9,11H,10H2,(H,19,20). The molecule has 5 heteroatoms. The van der Waals surface area contributed by atoms with Crippen molar-refractivity contribution in [2.24, 2.45) is 0 Å². The van der Waals surface area contributed by atoms with E-state index in [1.54, 1.807) is 24.3 Å². The molecule has 0 unspecified atom stereocenters. The van der Waals surface area contributed by atoms with Gasteiger partial charge in [0, 0.05) is 5.56 Å². The predicted octanol–water partition coefficient (Wildman–Crippen LogP) is 3.62. The molecule has 0 aliphatic heterocycles. The Morgan fingerprint density at radius 2 is 1.82 bits per heavy atom. The maximum Gasteiger partial charge on any atom is 0.341 e. The van der Waals surface area contributed by atoms with Gasteiger partial charge in [-0.3, -0.25) is 0 Å². The first kappa shape index (κ1) is 13.9. The lowest BCUT2D eigenvalue weighted by molar-refractivity contribution is 0.0697. The van der Waals surface area contributed by atoms with Crippen LogP contribution in [0.3, 0.4) is 0 Å². The molecule has 0 bridgehead atoms. The van der Waals surface area contributed by atoms with E-state index >= 15 is 0 Å². The lowest BCUT2D eigenvalue weighted by Gasteiger charge is -2.06. The molecular weight excluding hydrogens is 282 g/mol. The quantitative estimate of drug-likeness (QED) is 0.778. The van der Waals surface area contributed by atoms with Gasteiger partial charge in [0.15, 0.2) is 0 Å². The minimum Gasteiger partial charge on any atom is -0.489 e. The fourth-order valence-corrected chi connectivity index (χ4v) is 2.05. The fraction of sp³-hybridized carbons (Fsp3) is 0.0588. The zero-order valence-corrected chi connectivity index (χ0v) is 11.6. The van der Waals surface area contributed by atoms with Crippen molar-refractivity contribution in [3.8, 4) is 17.0 Å². The number of aromatic nitrogens is 1. The topological polar surface area (TPSA) is 72.6 Å². The van der Waals surface area contributed by atoms with Gasteiger partial charge in [-0.2, -0.15) is 0 Å². The molecule has 0 radical (unpaired) electrons. The van der Waals surface area contributed by atoms with E-state index in [1.165, 1.54) is 0 Å². The van der Waals surface area contributed by atoms with Crippen LogP contribution in [0.4, 0.5) is 0 Å². The Balaban J connectivity index is 1.73. The van der Waals surface area contributed by atoms with Crippen molar-refractivity contribution >= 4 is 5.97 Å². The number of nitrogens with zero attached hydrogens (tertiary/aromatic N) is 1. The molecule has 0 fully saturated rings. The van der Waals surface area contributed by atoms with Gasteiger partial charge in [0.1, 0.15) is 29.9 Å². The average molecular weight is 295 g/mol. The van der Waals surface area contributed by atoms with Gasteiger partial charge in [0.25, 0.3) is 0 Å². The summed E-state index contributed by atoms with van der Waals surface area (Å²) in [6.07, 6.45) is 1.12. The number of carboxylic acid groups (broad SMARTS) is 1. The van der Waals surface area contributed by atoms with Gasteiger partial charge in [-0.05, 0) is 29.8 Å². The van der Waals surface area contributed by atoms with Gasteiger partial charge in [0.2, 0.25) is 0 Å². The molecule has 0 atom stereocenters. The summed E-state index contributed by atoms with van der Waals surface area (Å²) < 4.78 is 10.4. The highest BCUT2D eigenvalue weighted by Crippen LogP contribution is 2.24. The molecule has 110 valence electrons. The molecule has 3 rings (SSSR count). The van der Waals surface area contributed by atoms with E-state index in [0.29, 0.717) is 23.6 Å². The molecule has 2 aromatic carbocycles. The zero-order valence-electron chi connectivity index (χ0n) is 11.6. The van der Waals surface area contributed by atoms with Gasteiger partial charge >= 0.3 is 5.97 Å². The van der Waals surface area contributed by atoms with Gasteiger partial charge in [0.05, 0.1) is 0 Å². The zero-order chi connectivity index (χ0) is 15.4. The van der Waals surface area contributed by atoms with Crippen LogP contribution in [0.1, 0.15) is 15.9 Å². The van der Waals surface area contributed by atoms with E-state index in [2.05, 4.69) is 5.16 Å². The van der Waals surface area contributed by atoms with Crippen molar-refractivity contribution in [2.45, 2.75) is 6.61 Å². The molecule has 1 N–H and O–H groups in total.